The van der Waals surface area contributed by atoms with Crippen molar-refractivity contribution in [1.29, 1.82) is 0 Å². The third-order valence-corrected chi connectivity index (χ3v) is 3.78. The molecule has 0 aliphatic carbocycles. The summed E-state index contributed by atoms with van der Waals surface area (Å²) in [6, 6.07) is 5.06. The summed E-state index contributed by atoms with van der Waals surface area (Å²) in [6.45, 7) is 3.60. The fourth-order valence-electron chi connectivity index (χ4n) is 1.64. The number of hydrogen-bond acceptors (Lipinski definition) is 2. The van der Waals surface area contributed by atoms with E-state index in [1.807, 2.05) is 0 Å². The van der Waals surface area contributed by atoms with Gasteiger partial charge in [-0.15, -0.1) is 0 Å². The molecule has 0 bridgehead atoms. The summed E-state index contributed by atoms with van der Waals surface area (Å²) in [5.74, 6) is -0.180. The van der Waals surface area contributed by atoms with Crippen molar-refractivity contribution >= 4 is 29.0 Å². The maximum atomic E-state index is 12.0. The van der Waals surface area contributed by atoms with Crippen molar-refractivity contribution < 1.29 is 9.90 Å². The molecule has 0 fully saturated rings. The van der Waals surface area contributed by atoms with Crippen LogP contribution in [0.2, 0.25) is 10.0 Å². The molecule has 2 nitrogen and oxygen atoms in total. The third kappa shape index (κ3) is 3.44. The number of rotatable bonds is 5. The number of aliphatic hydroxyl groups is 1. The van der Waals surface area contributed by atoms with Crippen molar-refractivity contribution in [2.45, 2.75) is 38.7 Å². The first-order valence-corrected chi connectivity index (χ1v) is 6.38. The Hall–Kier alpha value is -0.570. The van der Waals surface area contributed by atoms with Crippen LogP contribution in [0.25, 0.3) is 0 Å². The minimum Gasteiger partial charge on any atom is -0.382 e. The molecular weight excluding hydrogens is 259 g/mol. The molecule has 94 valence electrons. The fourth-order valence-corrected chi connectivity index (χ4v) is 1.96. The molecule has 1 aromatic rings. The summed E-state index contributed by atoms with van der Waals surface area (Å²) in [7, 11) is 0. The highest BCUT2D eigenvalue weighted by atomic mass is 35.5. The first-order valence-electron chi connectivity index (χ1n) is 5.62. The molecule has 0 amide bonds. The molecule has 0 unspecified atom stereocenters. The molecular formula is C13H16Cl2O2. The molecule has 0 radical (unpaired) electrons. The van der Waals surface area contributed by atoms with Gasteiger partial charge >= 0.3 is 0 Å². The number of benzene rings is 1. The molecule has 0 atom stereocenters. The predicted molar refractivity (Wildman–Crippen MR) is 70.7 cm³/mol. The Morgan fingerprint density at radius 3 is 2.29 bits per heavy atom. The second-order valence-corrected chi connectivity index (χ2v) is 4.90. The number of carbonyl (C=O) groups is 1. The zero-order chi connectivity index (χ0) is 13.1. The average Bonchev–Trinajstić information content (AvgIpc) is 2.32. The van der Waals surface area contributed by atoms with Gasteiger partial charge < -0.3 is 5.11 Å². The lowest BCUT2D eigenvalue weighted by atomic mass is 9.88. The van der Waals surface area contributed by atoms with Crippen LogP contribution in [-0.4, -0.2) is 16.5 Å². The van der Waals surface area contributed by atoms with Gasteiger partial charge in [-0.05, 0) is 30.5 Å². The van der Waals surface area contributed by atoms with Crippen LogP contribution in [0.1, 0.15) is 32.3 Å². The van der Waals surface area contributed by atoms with Gasteiger partial charge in [-0.1, -0.05) is 43.1 Å². The summed E-state index contributed by atoms with van der Waals surface area (Å²) in [5.41, 5.74) is -0.462. The average molecular weight is 275 g/mol. The van der Waals surface area contributed by atoms with Gasteiger partial charge in [-0.25, -0.2) is 0 Å². The van der Waals surface area contributed by atoms with E-state index in [-0.39, 0.29) is 12.2 Å². The monoisotopic (exact) mass is 274 g/mol. The lowest BCUT2D eigenvalue weighted by Crippen LogP contribution is -2.38. The first-order chi connectivity index (χ1) is 7.92. The van der Waals surface area contributed by atoms with E-state index in [2.05, 4.69) is 0 Å². The first kappa shape index (κ1) is 14.5. The van der Waals surface area contributed by atoms with E-state index in [1.165, 1.54) is 0 Å². The van der Waals surface area contributed by atoms with E-state index in [0.29, 0.717) is 22.9 Å². The van der Waals surface area contributed by atoms with Crippen molar-refractivity contribution in [2.24, 2.45) is 0 Å². The Kier molecular flexibility index (Phi) is 4.99. The summed E-state index contributed by atoms with van der Waals surface area (Å²) in [6.07, 6.45) is 1.02. The molecule has 0 aliphatic rings. The Morgan fingerprint density at radius 1 is 1.24 bits per heavy atom. The van der Waals surface area contributed by atoms with Gasteiger partial charge in [-0.3, -0.25) is 4.79 Å². The number of hydrogen-bond donors (Lipinski definition) is 1. The Morgan fingerprint density at radius 2 is 1.82 bits per heavy atom. The Labute approximate surface area is 112 Å². The molecule has 0 aromatic heterocycles. The minimum atomic E-state index is -1.23. The lowest BCUT2D eigenvalue weighted by Gasteiger charge is -2.23. The van der Waals surface area contributed by atoms with Crippen LogP contribution in [0.15, 0.2) is 18.2 Å². The van der Waals surface area contributed by atoms with Crippen LogP contribution in [0, 0.1) is 0 Å². The predicted octanol–water partition coefficient (Wildman–Crippen LogP) is 3.66. The van der Waals surface area contributed by atoms with E-state index in [9.17, 15) is 9.90 Å². The van der Waals surface area contributed by atoms with Crippen molar-refractivity contribution in [2.75, 3.05) is 0 Å². The van der Waals surface area contributed by atoms with Gasteiger partial charge in [0, 0.05) is 6.42 Å². The number of ketones is 1. The highest BCUT2D eigenvalue weighted by Crippen LogP contribution is 2.24. The number of carbonyl (C=O) groups excluding carboxylic acids is 1. The third-order valence-electron chi connectivity index (χ3n) is 3.04. The van der Waals surface area contributed by atoms with Crippen molar-refractivity contribution in [3.63, 3.8) is 0 Å². The number of halogens is 2. The Bertz CT molecular complexity index is 412. The van der Waals surface area contributed by atoms with Crippen LogP contribution in [-0.2, 0) is 11.2 Å². The summed E-state index contributed by atoms with van der Waals surface area (Å²) in [4.78, 5) is 12.0. The van der Waals surface area contributed by atoms with Crippen LogP contribution < -0.4 is 0 Å². The molecule has 1 N–H and O–H groups in total. The van der Waals surface area contributed by atoms with Crippen molar-refractivity contribution in [1.82, 2.24) is 0 Å². The smallest absolute Gasteiger partial charge is 0.168 e. The molecule has 0 aliphatic heterocycles. The maximum Gasteiger partial charge on any atom is 0.168 e. The highest BCUT2D eigenvalue weighted by molar-refractivity contribution is 6.42. The van der Waals surface area contributed by atoms with Gasteiger partial charge in [0.2, 0.25) is 0 Å². The maximum absolute atomic E-state index is 12.0. The molecule has 0 heterocycles. The molecule has 0 saturated carbocycles. The van der Waals surface area contributed by atoms with E-state index >= 15 is 0 Å². The van der Waals surface area contributed by atoms with Gasteiger partial charge in [0.05, 0.1) is 10.0 Å². The normalized spacial score (nSPS) is 11.6. The minimum absolute atomic E-state index is 0.176. The van der Waals surface area contributed by atoms with Crippen LogP contribution in [0.4, 0.5) is 0 Å². The van der Waals surface area contributed by atoms with Gasteiger partial charge in [0.15, 0.2) is 5.78 Å². The summed E-state index contributed by atoms with van der Waals surface area (Å²) < 4.78 is 0. The molecule has 4 heteroatoms. The van der Waals surface area contributed by atoms with Gasteiger partial charge in [-0.2, -0.15) is 0 Å². The second-order valence-electron chi connectivity index (χ2n) is 4.09. The van der Waals surface area contributed by atoms with Crippen molar-refractivity contribution in [3.05, 3.63) is 33.8 Å². The van der Waals surface area contributed by atoms with Gasteiger partial charge in [0.25, 0.3) is 0 Å². The van der Waals surface area contributed by atoms with E-state index in [0.717, 1.165) is 5.56 Å². The number of Topliss-reactive ketones (excluding diaryl/α,β-unsaturated/α-hetero) is 1. The molecule has 0 spiro atoms. The zero-order valence-corrected chi connectivity index (χ0v) is 11.5. The van der Waals surface area contributed by atoms with Gasteiger partial charge in [0.1, 0.15) is 5.60 Å². The topological polar surface area (TPSA) is 37.3 Å². The fraction of sp³-hybridized carbons (Fsp3) is 0.462. The van der Waals surface area contributed by atoms with Crippen LogP contribution in [0.5, 0.6) is 0 Å². The zero-order valence-electron chi connectivity index (χ0n) is 9.96. The van der Waals surface area contributed by atoms with Crippen LogP contribution >= 0.6 is 23.2 Å². The van der Waals surface area contributed by atoms with E-state index in [4.69, 9.17) is 23.2 Å². The van der Waals surface area contributed by atoms with E-state index < -0.39 is 5.60 Å². The molecule has 17 heavy (non-hydrogen) atoms. The largest absolute Gasteiger partial charge is 0.382 e. The molecule has 1 rings (SSSR count). The second kappa shape index (κ2) is 5.85. The van der Waals surface area contributed by atoms with E-state index in [1.54, 1.807) is 32.0 Å². The lowest BCUT2D eigenvalue weighted by molar-refractivity contribution is -0.137. The molecule has 0 saturated heterocycles. The highest BCUT2D eigenvalue weighted by Gasteiger charge is 2.31. The molecule has 1 aromatic carbocycles. The summed E-state index contributed by atoms with van der Waals surface area (Å²) in [5, 5.41) is 11.0. The standard InChI is InChI=1S/C13H16Cl2O2/c1-3-13(17,4-2)12(16)8-9-5-6-10(14)11(15)7-9/h5-7,17H,3-4,8H2,1-2H3. The summed E-state index contributed by atoms with van der Waals surface area (Å²) >= 11 is 11.7. The Balaban J connectivity index is 2.84. The van der Waals surface area contributed by atoms with Crippen LogP contribution in [0.3, 0.4) is 0 Å². The quantitative estimate of drug-likeness (QED) is 0.890. The van der Waals surface area contributed by atoms with Crippen molar-refractivity contribution in [3.8, 4) is 0 Å². The SMILES string of the molecule is CCC(O)(CC)C(=O)Cc1ccc(Cl)c(Cl)c1.